The van der Waals surface area contributed by atoms with Crippen LogP contribution in [0.5, 0.6) is 11.5 Å². The fourth-order valence-corrected chi connectivity index (χ4v) is 3.18. The Kier molecular flexibility index (Phi) is 5.04. The molecule has 0 spiro atoms. The van der Waals surface area contributed by atoms with Crippen LogP contribution in [0.15, 0.2) is 69.7 Å². The normalized spacial score (nSPS) is 12.5. The van der Waals surface area contributed by atoms with E-state index >= 15 is 0 Å². The Labute approximate surface area is 159 Å². The molecule has 12 heteroatoms. The van der Waals surface area contributed by atoms with Gasteiger partial charge in [-0.1, -0.05) is 6.07 Å². The Bertz CT molecular complexity index is 1280. The van der Waals surface area contributed by atoms with Gasteiger partial charge in [0.05, 0.1) is 10.6 Å². The van der Waals surface area contributed by atoms with Crippen LogP contribution in [0, 0.1) is 0 Å². The molecule has 0 fully saturated rings. The van der Waals surface area contributed by atoms with Crippen LogP contribution in [0.3, 0.4) is 0 Å². The van der Waals surface area contributed by atoms with Gasteiger partial charge in [0.25, 0.3) is 10.1 Å². The highest BCUT2D eigenvalue weighted by atomic mass is 32.3. The molecule has 0 aromatic heterocycles. The maximum absolute atomic E-state index is 11.0. The molecule has 0 radical (unpaired) electrons. The van der Waals surface area contributed by atoms with Crippen LogP contribution in [0.2, 0.25) is 0 Å². The number of phenols is 1. The summed E-state index contributed by atoms with van der Waals surface area (Å²) in [5.74, 6) is -0.335. The van der Waals surface area contributed by atoms with Crippen LogP contribution in [0.4, 0.5) is 11.4 Å². The number of benzene rings is 3. The van der Waals surface area contributed by atoms with Crippen LogP contribution < -0.4 is 4.18 Å². The molecule has 146 valence electrons. The highest BCUT2D eigenvalue weighted by Gasteiger charge is 2.12. The summed E-state index contributed by atoms with van der Waals surface area (Å²) in [7, 11) is -9.00. The number of phenolic OH excluding ortho intramolecular Hbond substituents is 1. The summed E-state index contributed by atoms with van der Waals surface area (Å²) in [6.45, 7) is 0. The third kappa shape index (κ3) is 4.61. The van der Waals surface area contributed by atoms with E-state index in [0.29, 0.717) is 10.8 Å². The van der Waals surface area contributed by atoms with Gasteiger partial charge >= 0.3 is 10.4 Å². The second kappa shape index (κ2) is 7.16. The topological polar surface area (TPSA) is 163 Å². The zero-order valence-corrected chi connectivity index (χ0v) is 15.4. The number of azo groups is 1. The van der Waals surface area contributed by atoms with E-state index in [0.717, 1.165) is 12.1 Å². The van der Waals surface area contributed by atoms with Crippen molar-refractivity contribution in [2.24, 2.45) is 10.2 Å². The van der Waals surface area contributed by atoms with Crippen LogP contribution in [0.1, 0.15) is 0 Å². The van der Waals surface area contributed by atoms with Crippen molar-refractivity contribution < 1.29 is 35.2 Å². The molecule has 0 atom stereocenters. The Hall–Kier alpha value is -3.06. The summed E-state index contributed by atoms with van der Waals surface area (Å²) < 4.78 is 65.8. The van der Waals surface area contributed by atoms with Gasteiger partial charge in [0, 0.05) is 5.39 Å². The van der Waals surface area contributed by atoms with E-state index in [9.17, 15) is 21.9 Å². The molecule has 0 bridgehead atoms. The van der Waals surface area contributed by atoms with Crippen molar-refractivity contribution >= 4 is 42.7 Å². The lowest BCUT2D eigenvalue weighted by molar-refractivity contribution is 0.387. The minimum atomic E-state index is -4.68. The number of nitrogens with zero attached hydrogens (tertiary/aromatic N) is 2. The number of aromatic hydroxyl groups is 1. The Morgan fingerprint density at radius 3 is 2.11 bits per heavy atom. The molecule has 0 saturated carbocycles. The van der Waals surface area contributed by atoms with Gasteiger partial charge in [-0.15, -0.1) is 5.11 Å². The SMILES string of the molecule is O=S(=O)(O)Oc1ccc2c(N=Nc3ccc(S(=O)(=O)O)cc3)c(O)ccc2c1. The molecule has 28 heavy (non-hydrogen) atoms. The third-order valence-electron chi connectivity index (χ3n) is 3.54. The van der Waals surface area contributed by atoms with Gasteiger partial charge in [-0.2, -0.15) is 21.9 Å². The molecule has 0 unspecified atom stereocenters. The van der Waals surface area contributed by atoms with Crippen molar-refractivity contribution in [1.82, 2.24) is 0 Å². The Morgan fingerprint density at radius 1 is 0.821 bits per heavy atom. The summed E-state index contributed by atoms with van der Waals surface area (Å²) in [6, 6.07) is 11.7. The first kappa shape index (κ1) is 19.7. The van der Waals surface area contributed by atoms with Crippen molar-refractivity contribution in [3.63, 3.8) is 0 Å². The largest absolute Gasteiger partial charge is 0.506 e. The van der Waals surface area contributed by atoms with Crippen molar-refractivity contribution in [2.75, 3.05) is 0 Å². The molecular weight excluding hydrogens is 412 g/mol. The van der Waals surface area contributed by atoms with Crippen molar-refractivity contribution in [1.29, 1.82) is 0 Å². The van der Waals surface area contributed by atoms with E-state index in [1.807, 2.05) is 0 Å². The molecule has 0 aliphatic carbocycles. The fourth-order valence-electron chi connectivity index (χ4n) is 2.35. The number of hydrogen-bond donors (Lipinski definition) is 3. The van der Waals surface area contributed by atoms with E-state index < -0.39 is 20.5 Å². The molecule has 3 aromatic carbocycles. The lowest BCUT2D eigenvalue weighted by Crippen LogP contribution is -2.06. The molecule has 0 aliphatic rings. The molecule has 3 N–H and O–H groups in total. The van der Waals surface area contributed by atoms with Gasteiger partial charge in [0.1, 0.15) is 17.2 Å². The van der Waals surface area contributed by atoms with Gasteiger partial charge in [0.15, 0.2) is 0 Å². The van der Waals surface area contributed by atoms with Crippen LogP contribution in [-0.2, 0) is 20.5 Å². The van der Waals surface area contributed by atoms with Gasteiger partial charge in [-0.05, 0) is 53.9 Å². The predicted octanol–water partition coefficient (Wildman–Crippen LogP) is 3.39. The Balaban J connectivity index is 1.98. The second-order valence-electron chi connectivity index (χ2n) is 5.50. The molecule has 0 amide bonds. The smallest absolute Gasteiger partial charge is 0.446 e. The highest BCUT2D eigenvalue weighted by Crippen LogP contribution is 2.37. The zero-order chi connectivity index (χ0) is 20.5. The van der Waals surface area contributed by atoms with Gasteiger partial charge in [-0.25, -0.2) is 0 Å². The summed E-state index contributed by atoms with van der Waals surface area (Å²) in [5.41, 5.74) is 0.338. The molecule has 3 aromatic rings. The van der Waals surface area contributed by atoms with Gasteiger partial charge in [-0.3, -0.25) is 9.11 Å². The number of hydrogen-bond acceptors (Lipinski definition) is 8. The van der Waals surface area contributed by atoms with Gasteiger partial charge < -0.3 is 9.29 Å². The van der Waals surface area contributed by atoms with E-state index in [-0.39, 0.29) is 27.8 Å². The minimum absolute atomic E-state index is 0.0785. The first-order valence-electron chi connectivity index (χ1n) is 7.45. The summed E-state index contributed by atoms with van der Waals surface area (Å²) in [4.78, 5) is -0.300. The molecule has 10 nitrogen and oxygen atoms in total. The average molecular weight is 424 g/mol. The average Bonchev–Trinajstić information content (AvgIpc) is 2.59. The van der Waals surface area contributed by atoms with E-state index in [1.165, 1.54) is 42.5 Å². The van der Waals surface area contributed by atoms with E-state index in [4.69, 9.17) is 9.11 Å². The minimum Gasteiger partial charge on any atom is -0.506 e. The lowest BCUT2D eigenvalue weighted by atomic mass is 10.1. The summed E-state index contributed by atoms with van der Waals surface area (Å²) in [6.07, 6.45) is 0. The number of rotatable bonds is 5. The van der Waals surface area contributed by atoms with E-state index in [2.05, 4.69) is 14.4 Å². The molecule has 3 rings (SSSR count). The standard InChI is InChI=1S/C16H12N2O8S2/c19-15-8-1-10-9-12(26-28(23,24)25)4-7-14(10)16(15)18-17-11-2-5-13(6-3-11)27(20,21)22/h1-9,19H,(H,20,21,22)(H,23,24,25). The predicted molar refractivity (Wildman–Crippen MR) is 98.2 cm³/mol. The monoisotopic (exact) mass is 424 g/mol. The quantitative estimate of drug-likeness (QED) is 0.414. The highest BCUT2D eigenvalue weighted by molar-refractivity contribution is 7.85. The first-order chi connectivity index (χ1) is 13.0. The Morgan fingerprint density at radius 2 is 1.50 bits per heavy atom. The van der Waals surface area contributed by atoms with Crippen LogP contribution >= 0.6 is 0 Å². The maximum Gasteiger partial charge on any atom is 0.446 e. The van der Waals surface area contributed by atoms with Crippen molar-refractivity contribution in [3.05, 3.63) is 54.6 Å². The van der Waals surface area contributed by atoms with Crippen LogP contribution in [-0.4, -0.2) is 31.0 Å². The third-order valence-corrected chi connectivity index (χ3v) is 4.81. The van der Waals surface area contributed by atoms with E-state index in [1.54, 1.807) is 0 Å². The summed E-state index contributed by atoms with van der Waals surface area (Å²) >= 11 is 0. The molecule has 0 saturated heterocycles. The second-order valence-corrected chi connectivity index (χ2v) is 7.94. The lowest BCUT2D eigenvalue weighted by Gasteiger charge is -2.06. The zero-order valence-electron chi connectivity index (χ0n) is 13.8. The van der Waals surface area contributed by atoms with Crippen LogP contribution in [0.25, 0.3) is 10.8 Å². The summed E-state index contributed by atoms with van der Waals surface area (Å²) in [5, 5.41) is 18.8. The van der Waals surface area contributed by atoms with Gasteiger partial charge in [0.2, 0.25) is 0 Å². The molecule has 0 heterocycles. The molecule has 0 aliphatic heterocycles. The first-order valence-corrected chi connectivity index (χ1v) is 10.3. The van der Waals surface area contributed by atoms with Crippen molar-refractivity contribution in [2.45, 2.75) is 4.90 Å². The maximum atomic E-state index is 11.0. The molecular formula is C16H12N2O8S2. The van der Waals surface area contributed by atoms with Crippen molar-refractivity contribution in [3.8, 4) is 11.5 Å². The fraction of sp³-hybridized carbons (Fsp3) is 0. The number of fused-ring (bicyclic) bond motifs is 1.